The first-order chi connectivity index (χ1) is 6.66. The Morgan fingerprint density at radius 2 is 2.36 bits per heavy atom. The number of carbonyl (C=O) groups is 1. The van der Waals surface area contributed by atoms with Gasteiger partial charge in [0.1, 0.15) is 5.75 Å². The number of carbonyl (C=O) groups excluding carboxylic acids is 1. The summed E-state index contributed by atoms with van der Waals surface area (Å²) in [5.41, 5.74) is 7.41. The third kappa shape index (κ3) is 1.56. The summed E-state index contributed by atoms with van der Waals surface area (Å²) < 4.78 is 5.22. The molecule has 4 nitrogen and oxygen atoms in total. The predicted octanol–water partition coefficient (Wildman–Crippen LogP) is 1.04. The molecule has 1 aromatic rings. The molecule has 0 aromatic heterocycles. The Bertz CT molecular complexity index is 374. The Morgan fingerprint density at radius 3 is 3.07 bits per heavy atom. The molecule has 0 saturated heterocycles. The highest BCUT2D eigenvalue weighted by atomic mass is 16.5. The summed E-state index contributed by atoms with van der Waals surface area (Å²) >= 11 is 0. The summed E-state index contributed by atoms with van der Waals surface area (Å²) in [6, 6.07) is 5.53. The van der Waals surface area contributed by atoms with E-state index in [1.807, 2.05) is 25.1 Å². The first-order valence-corrected chi connectivity index (χ1v) is 4.49. The van der Waals surface area contributed by atoms with Gasteiger partial charge in [0.05, 0.1) is 5.69 Å². The molecule has 0 fully saturated rings. The van der Waals surface area contributed by atoms with Crippen LogP contribution >= 0.6 is 0 Å². The van der Waals surface area contributed by atoms with Gasteiger partial charge in [-0.05, 0) is 24.6 Å². The van der Waals surface area contributed by atoms with Crippen LogP contribution in [0, 0.1) is 0 Å². The summed E-state index contributed by atoms with van der Waals surface area (Å²) in [5.74, 6) is 0.577. The van der Waals surface area contributed by atoms with Gasteiger partial charge in [0, 0.05) is 6.04 Å². The lowest BCUT2D eigenvalue weighted by Crippen LogP contribution is -2.25. The third-order valence-electron chi connectivity index (χ3n) is 2.16. The third-order valence-corrected chi connectivity index (χ3v) is 2.16. The molecule has 1 aliphatic rings. The minimum atomic E-state index is -0.126. The second kappa shape index (κ2) is 3.31. The summed E-state index contributed by atoms with van der Waals surface area (Å²) in [4.78, 5) is 11.0. The highest BCUT2D eigenvalue weighted by Gasteiger charge is 2.16. The van der Waals surface area contributed by atoms with Crippen molar-refractivity contribution in [3.05, 3.63) is 23.8 Å². The molecule has 1 aromatic carbocycles. The van der Waals surface area contributed by atoms with E-state index < -0.39 is 0 Å². The van der Waals surface area contributed by atoms with Crippen molar-refractivity contribution in [1.29, 1.82) is 0 Å². The van der Waals surface area contributed by atoms with Crippen LogP contribution in [0.25, 0.3) is 0 Å². The fourth-order valence-corrected chi connectivity index (χ4v) is 1.38. The topological polar surface area (TPSA) is 64.3 Å². The summed E-state index contributed by atoms with van der Waals surface area (Å²) in [5, 5.41) is 2.74. The molecule has 14 heavy (non-hydrogen) atoms. The molecule has 0 radical (unpaired) electrons. The molecule has 2 rings (SSSR count). The highest BCUT2D eigenvalue weighted by molar-refractivity contribution is 5.95. The lowest BCUT2D eigenvalue weighted by atomic mass is 10.1. The molecule has 0 spiro atoms. The Balaban J connectivity index is 2.37. The molecule has 0 unspecified atom stereocenters. The van der Waals surface area contributed by atoms with Crippen LogP contribution in [-0.4, -0.2) is 12.5 Å². The van der Waals surface area contributed by atoms with Crippen LogP contribution in [0.2, 0.25) is 0 Å². The van der Waals surface area contributed by atoms with Gasteiger partial charge in [0.15, 0.2) is 6.61 Å². The van der Waals surface area contributed by atoms with E-state index in [9.17, 15) is 4.79 Å². The molecular formula is C10H12N2O2. The van der Waals surface area contributed by atoms with Gasteiger partial charge < -0.3 is 15.8 Å². The van der Waals surface area contributed by atoms with Crippen molar-refractivity contribution in [2.75, 3.05) is 11.9 Å². The minimum absolute atomic E-state index is 0.0425. The van der Waals surface area contributed by atoms with Crippen molar-refractivity contribution in [3.8, 4) is 5.75 Å². The van der Waals surface area contributed by atoms with Crippen LogP contribution in [-0.2, 0) is 4.79 Å². The molecule has 1 heterocycles. The van der Waals surface area contributed by atoms with Gasteiger partial charge in [-0.15, -0.1) is 0 Å². The number of ether oxygens (including phenoxy) is 1. The molecular weight excluding hydrogens is 180 g/mol. The van der Waals surface area contributed by atoms with Gasteiger partial charge >= 0.3 is 0 Å². The van der Waals surface area contributed by atoms with E-state index in [1.54, 1.807) is 0 Å². The summed E-state index contributed by atoms with van der Waals surface area (Å²) in [6.07, 6.45) is 0. The lowest BCUT2D eigenvalue weighted by molar-refractivity contribution is -0.118. The zero-order valence-electron chi connectivity index (χ0n) is 7.91. The second-order valence-corrected chi connectivity index (χ2v) is 3.38. The fourth-order valence-electron chi connectivity index (χ4n) is 1.38. The van der Waals surface area contributed by atoms with E-state index in [1.165, 1.54) is 0 Å². The predicted molar refractivity (Wildman–Crippen MR) is 53.2 cm³/mol. The highest BCUT2D eigenvalue weighted by Crippen LogP contribution is 2.29. The number of fused-ring (bicyclic) bond motifs is 1. The van der Waals surface area contributed by atoms with Crippen molar-refractivity contribution in [2.45, 2.75) is 13.0 Å². The van der Waals surface area contributed by atoms with Crippen molar-refractivity contribution in [3.63, 3.8) is 0 Å². The fraction of sp³-hybridized carbons (Fsp3) is 0.300. The smallest absolute Gasteiger partial charge is 0.262 e. The van der Waals surface area contributed by atoms with Crippen molar-refractivity contribution in [1.82, 2.24) is 0 Å². The molecule has 0 saturated carbocycles. The zero-order valence-corrected chi connectivity index (χ0v) is 7.91. The Morgan fingerprint density at radius 1 is 1.57 bits per heavy atom. The largest absolute Gasteiger partial charge is 0.482 e. The zero-order chi connectivity index (χ0) is 10.1. The number of hydrogen-bond donors (Lipinski definition) is 2. The number of anilines is 1. The van der Waals surface area contributed by atoms with E-state index in [0.29, 0.717) is 11.4 Å². The minimum Gasteiger partial charge on any atom is -0.482 e. The van der Waals surface area contributed by atoms with Gasteiger partial charge in [-0.1, -0.05) is 6.07 Å². The van der Waals surface area contributed by atoms with Crippen LogP contribution < -0.4 is 15.8 Å². The van der Waals surface area contributed by atoms with Crippen LogP contribution in [0.1, 0.15) is 18.5 Å². The SMILES string of the molecule is C[C@H](N)c1ccc2c(c1)NC(=O)CO2. The number of nitrogens with two attached hydrogens (primary N) is 1. The number of nitrogens with one attached hydrogen (secondary N) is 1. The van der Waals surface area contributed by atoms with Gasteiger partial charge in [-0.3, -0.25) is 4.79 Å². The maximum Gasteiger partial charge on any atom is 0.262 e. The standard InChI is InChI=1S/C10H12N2O2/c1-6(11)7-2-3-9-8(4-7)12-10(13)5-14-9/h2-4,6H,5,11H2,1H3,(H,12,13)/t6-/m0/s1. The van der Waals surface area contributed by atoms with E-state index in [4.69, 9.17) is 10.5 Å². The van der Waals surface area contributed by atoms with Crippen LogP contribution in [0.3, 0.4) is 0 Å². The van der Waals surface area contributed by atoms with E-state index >= 15 is 0 Å². The second-order valence-electron chi connectivity index (χ2n) is 3.38. The van der Waals surface area contributed by atoms with Crippen molar-refractivity contribution < 1.29 is 9.53 Å². The van der Waals surface area contributed by atoms with Crippen LogP contribution in [0.5, 0.6) is 5.75 Å². The maximum absolute atomic E-state index is 11.0. The number of benzene rings is 1. The van der Waals surface area contributed by atoms with E-state index in [0.717, 1.165) is 5.56 Å². The molecule has 1 amide bonds. The molecule has 4 heteroatoms. The summed E-state index contributed by atoms with van der Waals surface area (Å²) in [7, 11) is 0. The first kappa shape index (κ1) is 9.02. The average Bonchev–Trinajstić information content (AvgIpc) is 2.16. The monoisotopic (exact) mass is 192 g/mol. The summed E-state index contributed by atoms with van der Waals surface area (Å²) in [6.45, 7) is 1.98. The van der Waals surface area contributed by atoms with E-state index in [2.05, 4.69) is 5.32 Å². The molecule has 1 atom stereocenters. The Labute approximate surface area is 82.1 Å². The number of amides is 1. The molecule has 1 aliphatic heterocycles. The maximum atomic E-state index is 11.0. The van der Waals surface area contributed by atoms with Crippen LogP contribution in [0.4, 0.5) is 5.69 Å². The van der Waals surface area contributed by atoms with Gasteiger partial charge in [0.2, 0.25) is 0 Å². The van der Waals surface area contributed by atoms with Gasteiger partial charge in [0.25, 0.3) is 5.91 Å². The quantitative estimate of drug-likeness (QED) is 0.698. The first-order valence-electron chi connectivity index (χ1n) is 4.49. The molecule has 0 aliphatic carbocycles. The van der Waals surface area contributed by atoms with Crippen molar-refractivity contribution in [2.24, 2.45) is 5.73 Å². The lowest BCUT2D eigenvalue weighted by Gasteiger charge is -2.19. The van der Waals surface area contributed by atoms with E-state index in [-0.39, 0.29) is 18.6 Å². The number of hydrogen-bond acceptors (Lipinski definition) is 3. The molecule has 3 N–H and O–H groups in total. The Hall–Kier alpha value is -1.55. The van der Waals surface area contributed by atoms with Crippen LogP contribution in [0.15, 0.2) is 18.2 Å². The average molecular weight is 192 g/mol. The molecule has 0 bridgehead atoms. The van der Waals surface area contributed by atoms with Crippen molar-refractivity contribution >= 4 is 11.6 Å². The van der Waals surface area contributed by atoms with Gasteiger partial charge in [-0.2, -0.15) is 0 Å². The number of rotatable bonds is 1. The van der Waals surface area contributed by atoms with Gasteiger partial charge in [-0.25, -0.2) is 0 Å². The molecule has 74 valence electrons. The Kier molecular flexibility index (Phi) is 2.13. The normalized spacial score (nSPS) is 16.6.